The molecule has 0 spiro atoms. The number of anilines is 1. The van der Waals surface area contributed by atoms with Crippen molar-refractivity contribution in [2.45, 2.75) is 11.7 Å². The van der Waals surface area contributed by atoms with Crippen LogP contribution in [0.15, 0.2) is 77.8 Å². The predicted octanol–water partition coefficient (Wildman–Crippen LogP) is 4.55. The van der Waals surface area contributed by atoms with Gasteiger partial charge in [-0.1, -0.05) is 66.4 Å². The number of para-hydroxylation sites is 1. The Morgan fingerprint density at radius 1 is 0.972 bits per heavy atom. The molecule has 1 atom stereocenters. The summed E-state index contributed by atoms with van der Waals surface area (Å²) >= 11 is 1.38. The summed E-state index contributed by atoms with van der Waals surface area (Å²) in [6.45, 7) is 4.41. The molecule has 2 aliphatic rings. The molecule has 0 aromatic heterocycles. The maximum absolute atomic E-state index is 13.4. The van der Waals surface area contributed by atoms with Crippen LogP contribution in [-0.4, -0.2) is 71.4 Å². The smallest absolute Gasteiger partial charge is 0.242 e. The van der Waals surface area contributed by atoms with Crippen molar-refractivity contribution in [3.63, 3.8) is 0 Å². The number of morpholine rings is 1. The minimum absolute atomic E-state index is 0. The van der Waals surface area contributed by atoms with Gasteiger partial charge in [0.05, 0.1) is 18.9 Å². The van der Waals surface area contributed by atoms with Gasteiger partial charge in [-0.2, -0.15) is 0 Å². The second-order valence-corrected chi connectivity index (χ2v) is 9.73. The van der Waals surface area contributed by atoms with Crippen molar-refractivity contribution in [2.24, 2.45) is 4.99 Å². The number of carbonyl (C=O) groups excluding carboxylic acids is 2. The van der Waals surface area contributed by atoms with E-state index in [1.807, 2.05) is 60.7 Å². The number of benzene rings is 3. The lowest BCUT2D eigenvalue weighted by atomic mass is 10.1. The number of carbonyl (C=O) groups is 2. The van der Waals surface area contributed by atoms with Gasteiger partial charge in [-0.05, 0) is 23.6 Å². The molecular weight excluding hydrogens is 496 g/mol. The first-order valence-corrected chi connectivity index (χ1v) is 12.7. The van der Waals surface area contributed by atoms with E-state index in [-0.39, 0.29) is 30.6 Å². The van der Waals surface area contributed by atoms with Crippen LogP contribution in [0, 0.1) is 0 Å². The largest absolute Gasteiger partial charge is 0.379 e. The lowest BCUT2D eigenvalue weighted by molar-refractivity contribution is -0.128. The van der Waals surface area contributed by atoms with E-state index in [4.69, 9.17) is 9.73 Å². The monoisotopic (exact) mass is 524 g/mol. The summed E-state index contributed by atoms with van der Waals surface area (Å²) in [6, 6.07) is 23.4. The summed E-state index contributed by atoms with van der Waals surface area (Å²) in [7, 11) is 0. The molecule has 188 valence electrons. The fourth-order valence-electron chi connectivity index (χ4n) is 4.31. The Labute approximate surface area is 221 Å². The van der Waals surface area contributed by atoms with E-state index >= 15 is 0 Å². The molecule has 0 radical (unpaired) electrons. The first kappa shape index (κ1) is 26.2. The first-order valence-electron chi connectivity index (χ1n) is 11.9. The maximum Gasteiger partial charge on any atom is 0.242 e. The highest BCUT2D eigenvalue weighted by Crippen LogP contribution is 2.34. The summed E-state index contributed by atoms with van der Waals surface area (Å²) in [5, 5.41) is 5.17. The summed E-state index contributed by atoms with van der Waals surface area (Å²) in [5.74, 6) is -0.243. The van der Waals surface area contributed by atoms with E-state index in [0.717, 1.165) is 41.8 Å². The first-order chi connectivity index (χ1) is 17.2. The van der Waals surface area contributed by atoms with Crippen LogP contribution >= 0.6 is 24.2 Å². The number of ether oxygens (including phenoxy) is 1. The quantitative estimate of drug-likeness (QED) is 0.490. The topological polar surface area (TPSA) is 74.2 Å². The van der Waals surface area contributed by atoms with E-state index in [9.17, 15) is 9.59 Å². The minimum atomic E-state index is -0.503. The molecule has 0 saturated carbocycles. The number of nitrogens with zero attached hydrogens (tertiary/aromatic N) is 3. The fourth-order valence-corrected chi connectivity index (χ4v) is 5.48. The van der Waals surface area contributed by atoms with Crippen LogP contribution < -0.4 is 5.32 Å². The predicted molar refractivity (Wildman–Crippen MR) is 148 cm³/mol. The van der Waals surface area contributed by atoms with Gasteiger partial charge in [0.25, 0.3) is 0 Å². The van der Waals surface area contributed by atoms with Gasteiger partial charge in [0, 0.05) is 43.7 Å². The molecule has 36 heavy (non-hydrogen) atoms. The second kappa shape index (κ2) is 12.4. The third kappa shape index (κ3) is 6.25. The van der Waals surface area contributed by atoms with Gasteiger partial charge in [0.2, 0.25) is 11.8 Å². The Morgan fingerprint density at radius 2 is 1.69 bits per heavy atom. The molecular formula is C27H29ClN4O3S. The molecule has 7 nitrogen and oxygen atoms in total. The number of thioether (sulfide) groups is 1. The molecule has 2 heterocycles. The van der Waals surface area contributed by atoms with E-state index in [1.165, 1.54) is 11.8 Å². The van der Waals surface area contributed by atoms with E-state index in [0.29, 0.717) is 24.9 Å². The molecule has 0 bridgehead atoms. The minimum Gasteiger partial charge on any atom is -0.379 e. The number of amidine groups is 1. The Kier molecular flexibility index (Phi) is 8.98. The highest BCUT2D eigenvalue weighted by atomic mass is 35.5. The van der Waals surface area contributed by atoms with Crippen LogP contribution in [0.5, 0.6) is 0 Å². The Hall–Kier alpha value is -2.91. The van der Waals surface area contributed by atoms with Crippen LogP contribution in [0.1, 0.15) is 6.42 Å². The normalized spacial score (nSPS) is 19.4. The zero-order valence-corrected chi connectivity index (χ0v) is 21.5. The second-order valence-electron chi connectivity index (χ2n) is 8.56. The van der Waals surface area contributed by atoms with Gasteiger partial charge in [0.1, 0.15) is 5.25 Å². The third-order valence-corrected chi connectivity index (χ3v) is 7.35. The molecule has 2 amide bonds. The van der Waals surface area contributed by atoms with Gasteiger partial charge < -0.3 is 10.1 Å². The molecule has 3 aromatic rings. The molecule has 2 fully saturated rings. The molecule has 5 rings (SSSR count). The molecule has 3 aromatic carbocycles. The van der Waals surface area contributed by atoms with Crippen LogP contribution in [-0.2, 0) is 14.3 Å². The molecule has 1 N–H and O–H groups in total. The third-order valence-electron chi connectivity index (χ3n) is 6.17. The average molecular weight is 525 g/mol. The average Bonchev–Trinajstić information content (AvgIpc) is 3.17. The lowest BCUT2D eigenvalue weighted by Gasteiger charge is -2.28. The SMILES string of the molecule is Cl.O=C(CC1SC(=Nc2cccc3ccccc23)N(CCN2CCOCC2)C1=O)Nc1ccccc1. The van der Waals surface area contributed by atoms with Gasteiger partial charge in [-0.15, -0.1) is 12.4 Å². The van der Waals surface area contributed by atoms with Gasteiger partial charge >= 0.3 is 0 Å². The lowest BCUT2D eigenvalue weighted by Crippen LogP contribution is -2.43. The number of aliphatic imine (C=N–C) groups is 1. The number of halogens is 1. The number of fused-ring (bicyclic) bond motifs is 1. The number of nitrogens with one attached hydrogen (secondary N) is 1. The van der Waals surface area contributed by atoms with Crippen LogP contribution in [0.3, 0.4) is 0 Å². The number of hydrogen-bond acceptors (Lipinski definition) is 6. The summed E-state index contributed by atoms with van der Waals surface area (Å²) in [5.41, 5.74) is 1.55. The van der Waals surface area contributed by atoms with Crippen molar-refractivity contribution < 1.29 is 14.3 Å². The van der Waals surface area contributed by atoms with E-state index in [2.05, 4.69) is 22.3 Å². The summed E-state index contributed by atoms with van der Waals surface area (Å²) in [4.78, 5) is 35.1. The van der Waals surface area contributed by atoms with Crippen LogP contribution in [0.25, 0.3) is 10.8 Å². The van der Waals surface area contributed by atoms with Crippen molar-refractivity contribution in [1.29, 1.82) is 0 Å². The molecule has 9 heteroatoms. The zero-order valence-electron chi connectivity index (χ0n) is 19.8. The van der Waals surface area contributed by atoms with Crippen LogP contribution in [0.2, 0.25) is 0 Å². The van der Waals surface area contributed by atoms with Gasteiger partial charge in [-0.25, -0.2) is 4.99 Å². The molecule has 0 aliphatic carbocycles. The zero-order chi connectivity index (χ0) is 24.0. The van der Waals surface area contributed by atoms with Gasteiger partial charge in [-0.3, -0.25) is 19.4 Å². The van der Waals surface area contributed by atoms with E-state index < -0.39 is 5.25 Å². The number of rotatable bonds is 7. The van der Waals surface area contributed by atoms with Crippen LogP contribution in [0.4, 0.5) is 11.4 Å². The maximum atomic E-state index is 13.4. The Morgan fingerprint density at radius 3 is 2.50 bits per heavy atom. The Bertz CT molecular complexity index is 1230. The van der Waals surface area contributed by atoms with Crippen molar-refractivity contribution in [3.8, 4) is 0 Å². The summed E-state index contributed by atoms with van der Waals surface area (Å²) in [6.07, 6.45) is 0.0982. The standard InChI is InChI=1S/C27H28N4O3S.ClH/c32-25(28-21-9-2-1-3-10-21)19-24-26(33)31(14-13-30-15-17-34-18-16-30)27(35-24)29-23-12-6-8-20-7-4-5-11-22(20)23;/h1-12,24H,13-19H2,(H,28,32);1H. The van der Waals surface area contributed by atoms with Crippen molar-refractivity contribution in [1.82, 2.24) is 9.80 Å². The van der Waals surface area contributed by atoms with Crippen molar-refractivity contribution in [3.05, 3.63) is 72.8 Å². The molecule has 2 aliphatic heterocycles. The fraction of sp³-hybridized carbons (Fsp3) is 0.296. The summed E-state index contributed by atoms with van der Waals surface area (Å²) < 4.78 is 5.45. The highest BCUT2D eigenvalue weighted by molar-refractivity contribution is 8.15. The van der Waals surface area contributed by atoms with Crippen molar-refractivity contribution in [2.75, 3.05) is 44.7 Å². The molecule has 2 saturated heterocycles. The molecule has 1 unspecified atom stereocenters. The number of amides is 2. The van der Waals surface area contributed by atoms with Gasteiger partial charge in [0.15, 0.2) is 5.17 Å². The highest BCUT2D eigenvalue weighted by Gasteiger charge is 2.39. The van der Waals surface area contributed by atoms with Crippen molar-refractivity contribution >= 4 is 63.3 Å². The Balaban J connectivity index is 0.00000304. The number of hydrogen-bond donors (Lipinski definition) is 1. The van der Waals surface area contributed by atoms with E-state index in [1.54, 1.807) is 4.90 Å².